The minimum Gasteiger partial charge on any atom is -0.312 e. The van der Waals surface area contributed by atoms with Gasteiger partial charge in [0.05, 0.1) is 5.92 Å². The second-order valence-corrected chi connectivity index (χ2v) is 6.56. The summed E-state index contributed by atoms with van der Waals surface area (Å²) in [6.07, 6.45) is -0.273. The molecule has 102 valence electrons. The summed E-state index contributed by atoms with van der Waals surface area (Å²) in [5, 5.41) is 2.84. The average Bonchev–Trinajstić information content (AvgIpc) is 2.24. The van der Waals surface area contributed by atoms with Gasteiger partial charge in [-0.05, 0) is 19.8 Å². The highest BCUT2D eigenvalue weighted by molar-refractivity contribution is 7.84. The molecule has 0 amide bonds. The zero-order valence-electron chi connectivity index (χ0n) is 10.2. The molecule has 1 saturated carbocycles. The maximum absolute atomic E-state index is 12.8. The van der Waals surface area contributed by atoms with E-state index in [1.54, 1.807) is 13.2 Å². The largest absolute Gasteiger partial charge is 0.393 e. The van der Waals surface area contributed by atoms with Gasteiger partial charge < -0.3 is 5.32 Å². The van der Waals surface area contributed by atoms with Gasteiger partial charge in [-0.2, -0.15) is 13.2 Å². The van der Waals surface area contributed by atoms with E-state index in [2.05, 4.69) is 5.32 Å². The molecule has 4 unspecified atom stereocenters. The van der Waals surface area contributed by atoms with Crippen LogP contribution in [0.4, 0.5) is 13.2 Å². The number of halogens is 3. The summed E-state index contributed by atoms with van der Waals surface area (Å²) >= 11 is 0. The predicted octanol–water partition coefficient (Wildman–Crippen LogP) is 2.46. The van der Waals surface area contributed by atoms with Crippen molar-refractivity contribution >= 4 is 10.8 Å². The van der Waals surface area contributed by atoms with Gasteiger partial charge in [0.15, 0.2) is 0 Å². The number of hydrogen-bond donors (Lipinski definition) is 1. The van der Waals surface area contributed by atoms with E-state index in [1.165, 1.54) is 0 Å². The molecule has 0 saturated heterocycles. The van der Waals surface area contributed by atoms with Crippen LogP contribution in [0, 0.1) is 5.92 Å². The van der Waals surface area contributed by atoms with E-state index in [9.17, 15) is 17.4 Å². The fourth-order valence-electron chi connectivity index (χ4n) is 2.20. The Bertz CT molecular complexity index is 270. The highest BCUT2D eigenvalue weighted by Crippen LogP contribution is 2.37. The van der Waals surface area contributed by atoms with Crippen LogP contribution in [0.5, 0.6) is 0 Å². The fourth-order valence-corrected chi connectivity index (χ4v) is 2.53. The quantitative estimate of drug-likeness (QED) is 0.851. The van der Waals surface area contributed by atoms with Gasteiger partial charge >= 0.3 is 6.18 Å². The molecular formula is C11H20F3NOS. The van der Waals surface area contributed by atoms with Crippen LogP contribution in [0.1, 0.15) is 32.6 Å². The lowest BCUT2D eigenvalue weighted by atomic mass is 9.84. The van der Waals surface area contributed by atoms with Gasteiger partial charge in [0, 0.05) is 34.9 Å². The van der Waals surface area contributed by atoms with E-state index in [4.69, 9.17) is 0 Å². The van der Waals surface area contributed by atoms with Gasteiger partial charge in [-0.25, -0.2) is 0 Å². The fraction of sp³-hybridized carbons (Fsp3) is 1.00. The summed E-state index contributed by atoms with van der Waals surface area (Å²) < 4.78 is 49.5. The molecule has 2 nitrogen and oxygen atoms in total. The molecule has 0 radical (unpaired) electrons. The monoisotopic (exact) mass is 271 g/mol. The second kappa shape index (κ2) is 6.18. The van der Waals surface area contributed by atoms with E-state index in [0.29, 0.717) is 19.4 Å². The minimum absolute atomic E-state index is 0.106. The third kappa shape index (κ3) is 4.58. The molecule has 1 N–H and O–H groups in total. The van der Waals surface area contributed by atoms with Crippen molar-refractivity contribution in [1.29, 1.82) is 0 Å². The normalized spacial score (nSPS) is 29.9. The number of nitrogens with one attached hydrogen (secondary N) is 1. The standard InChI is InChI=1S/C11H20F3NOS/c1-8(17(2)16)7-15-10-6-4-3-5-9(10)11(12,13)14/h8-10,15H,3-7H2,1-2H3. The summed E-state index contributed by atoms with van der Waals surface area (Å²) in [4.78, 5) is 0. The molecule has 0 aromatic rings. The number of hydrogen-bond acceptors (Lipinski definition) is 2. The van der Waals surface area contributed by atoms with Crippen molar-refractivity contribution in [3.8, 4) is 0 Å². The molecule has 0 aliphatic heterocycles. The van der Waals surface area contributed by atoms with Gasteiger partial charge in [-0.1, -0.05) is 12.8 Å². The van der Waals surface area contributed by atoms with Crippen LogP contribution in [-0.4, -0.2) is 34.5 Å². The highest BCUT2D eigenvalue weighted by Gasteiger charge is 2.45. The molecule has 0 aromatic carbocycles. The Morgan fingerprint density at radius 2 is 1.94 bits per heavy atom. The van der Waals surface area contributed by atoms with Crippen molar-refractivity contribution < 1.29 is 17.4 Å². The Balaban J connectivity index is 2.52. The van der Waals surface area contributed by atoms with E-state index in [1.807, 2.05) is 0 Å². The lowest BCUT2D eigenvalue weighted by molar-refractivity contribution is -0.188. The predicted molar refractivity (Wildman–Crippen MR) is 63.3 cm³/mol. The van der Waals surface area contributed by atoms with Crippen LogP contribution >= 0.6 is 0 Å². The van der Waals surface area contributed by atoms with Crippen molar-refractivity contribution in [2.24, 2.45) is 5.92 Å². The first kappa shape index (κ1) is 15.0. The minimum atomic E-state index is -4.12. The molecule has 0 aromatic heterocycles. The molecule has 0 heterocycles. The van der Waals surface area contributed by atoms with Crippen molar-refractivity contribution in [2.45, 2.75) is 50.1 Å². The Kier molecular flexibility index (Phi) is 5.44. The molecule has 6 heteroatoms. The summed E-state index contributed by atoms with van der Waals surface area (Å²) in [5.74, 6) is -1.24. The van der Waals surface area contributed by atoms with Gasteiger partial charge in [-0.3, -0.25) is 4.21 Å². The zero-order chi connectivity index (χ0) is 13.1. The van der Waals surface area contributed by atoms with Gasteiger partial charge in [-0.15, -0.1) is 0 Å². The van der Waals surface area contributed by atoms with Crippen LogP contribution in [0.25, 0.3) is 0 Å². The highest BCUT2D eigenvalue weighted by atomic mass is 32.2. The molecule has 4 atom stereocenters. The SMILES string of the molecule is CC(CNC1CCCCC1C(F)(F)F)S(C)=O. The smallest absolute Gasteiger partial charge is 0.312 e. The van der Waals surface area contributed by atoms with Crippen LogP contribution in [0.15, 0.2) is 0 Å². The average molecular weight is 271 g/mol. The Hall–Kier alpha value is -0.100. The van der Waals surface area contributed by atoms with Crippen LogP contribution in [0.2, 0.25) is 0 Å². The lowest BCUT2D eigenvalue weighted by Crippen LogP contribution is -2.47. The third-order valence-corrected chi connectivity index (χ3v) is 4.72. The number of alkyl halides is 3. The summed E-state index contributed by atoms with van der Waals surface area (Å²) in [5.41, 5.74) is 0. The number of rotatable bonds is 4. The van der Waals surface area contributed by atoms with Crippen LogP contribution < -0.4 is 5.32 Å². The summed E-state index contributed by atoms with van der Waals surface area (Å²) in [6, 6.07) is -0.505. The molecule has 17 heavy (non-hydrogen) atoms. The van der Waals surface area contributed by atoms with Crippen molar-refractivity contribution in [3.63, 3.8) is 0 Å². The maximum atomic E-state index is 12.8. The Morgan fingerprint density at radius 1 is 1.35 bits per heavy atom. The van der Waals surface area contributed by atoms with Gasteiger partial charge in [0.1, 0.15) is 0 Å². The summed E-state index contributed by atoms with van der Waals surface area (Å²) in [6.45, 7) is 2.18. The van der Waals surface area contributed by atoms with Crippen LogP contribution in [-0.2, 0) is 10.8 Å². The first-order valence-corrected chi connectivity index (χ1v) is 7.57. The molecule has 0 spiro atoms. The summed E-state index contributed by atoms with van der Waals surface area (Å²) in [7, 11) is -0.991. The topological polar surface area (TPSA) is 29.1 Å². The first-order valence-electron chi connectivity index (χ1n) is 5.94. The molecule has 1 fully saturated rings. The van der Waals surface area contributed by atoms with Gasteiger partial charge in [0.25, 0.3) is 0 Å². The van der Waals surface area contributed by atoms with Crippen molar-refractivity contribution in [3.05, 3.63) is 0 Å². The van der Waals surface area contributed by atoms with Crippen LogP contribution in [0.3, 0.4) is 0 Å². The molecule has 1 aliphatic rings. The first-order chi connectivity index (χ1) is 7.82. The molecular weight excluding hydrogens is 251 g/mol. The van der Waals surface area contributed by atoms with Crippen molar-refractivity contribution in [2.75, 3.05) is 12.8 Å². The van der Waals surface area contributed by atoms with Crippen molar-refractivity contribution in [1.82, 2.24) is 5.32 Å². The van der Waals surface area contributed by atoms with E-state index >= 15 is 0 Å². The molecule has 1 rings (SSSR count). The second-order valence-electron chi connectivity index (χ2n) is 4.76. The Labute approximate surface area is 103 Å². The maximum Gasteiger partial charge on any atom is 0.393 e. The Morgan fingerprint density at radius 3 is 2.47 bits per heavy atom. The van der Waals surface area contributed by atoms with Gasteiger partial charge in [0.2, 0.25) is 0 Å². The van der Waals surface area contributed by atoms with E-state index < -0.39 is 28.9 Å². The molecule has 1 aliphatic carbocycles. The molecule has 0 bridgehead atoms. The van der Waals surface area contributed by atoms with E-state index in [-0.39, 0.29) is 11.7 Å². The zero-order valence-corrected chi connectivity index (χ0v) is 11.0. The van der Waals surface area contributed by atoms with E-state index in [0.717, 1.165) is 6.42 Å². The lowest BCUT2D eigenvalue weighted by Gasteiger charge is -2.34. The third-order valence-electron chi connectivity index (χ3n) is 3.42.